The van der Waals surface area contributed by atoms with E-state index in [0.29, 0.717) is 5.56 Å². The average molecular weight is 324 g/mol. The van der Waals surface area contributed by atoms with E-state index in [9.17, 15) is 4.79 Å². The fourth-order valence-electron chi connectivity index (χ4n) is 2.05. The van der Waals surface area contributed by atoms with Gasteiger partial charge in [-0.2, -0.15) is 0 Å². The van der Waals surface area contributed by atoms with Crippen molar-refractivity contribution in [3.8, 4) is 0 Å². The van der Waals surface area contributed by atoms with E-state index in [4.69, 9.17) is 15.3 Å². The lowest BCUT2D eigenvalue weighted by molar-refractivity contribution is -0.106. The zero-order valence-electron chi connectivity index (χ0n) is 15.6. The highest BCUT2D eigenvalue weighted by atomic mass is 16.5. The molecule has 0 aliphatic carbocycles. The molecule has 2 rings (SSSR count). The highest BCUT2D eigenvalue weighted by Gasteiger charge is 2.21. The molecule has 0 fully saturated rings. The number of fused-ring (bicyclic) bond motifs is 1. The fraction of sp³-hybridized carbons (Fsp3) is 0.556. The van der Waals surface area contributed by atoms with Gasteiger partial charge in [0.2, 0.25) is 0 Å². The van der Waals surface area contributed by atoms with Crippen LogP contribution in [-0.4, -0.2) is 33.0 Å². The first kappa shape index (κ1) is 23.4. The average Bonchev–Trinajstić information content (AvgIpc) is 2.61. The molecule has 1 heterocycles. The van der Waals surface area contributed by atoms with Crippen LogP contribution in [0.2, 0.25) is 0 Å². The smallest absolute Gasteiger partial charge is 0.337 e. The number of hydrogen-bond acceptors (Lipinski definition) is 5. The van der Waals surface area contributed by atoms with Crippen LogP contribution in [0.3, 0.4) is 0 Å². The van der Waals surface area contributed by atoms with Gasteiger partial charge >= 0.3 is 5.97 Å². The first-order chi connectivity index (χ1) is 11.0. The lowest BCUT2D eigenvalue weighted by atomic mass is 9.95. The van der Waals surface area contributed by atoms with Gasteiger partial charge in [0.1, 0.15) is 6.29 Å². The molecule has 1 aliphatic heterocycles. The van der Waals surface area contributed by atoms with Gasteiger partial charge in [0.25, 0.3) is 0 Å². The molecule has 1 atom stereocenters. The number of carbonyl (C=O) groups is 2. The summed E-state index contributed by atoms with van der Waals surface area (Å²) in [4.78, 5) is 22.4. The Morgan fingerprint density at radius 1 is 1.30 bits per heavy atom. The van der Waals surface area contributed by atoms with Gasteiger partial charge < -0.3 is 20.2 Å². The number of esters is 1. The van der Waals surface area contributed by atoms with Crippen molar-refractivity contribution in [1.29, 1.82) is 0 Å². The Labute approximate surface area is 140 Å². The Balaban J connectivity index is 0. The maximum Gasteiger partial charge on any atom is 0.337 e. The third kappa shape index (κ3) is 7.28. The van der Waals surface area contributed by atoms with Crippen LogP contribution < -0.4 is 10.6 Å². The second-order valence-electron chi connectivity index (χ2n) is 4.32. The maximum atomic E-state index is 11.4. The van der Waals surface area contributed by atoms with Crippen LogP contribution in [0.5, 0.6) is 0 Å². The zero-order chi connectivity index (χ0) is 18.4. The fourth-order valence-corrected chi connectivity index (χ4v) is 2.05. The van der Waals surface area contributed by atoms with Crippen molar-refractivity contribution in [1.82, 2.24) is 0 Å². The summed E-state index contributed by atoms with van der Waals surface area (Å²) in [6.07, 6.45) is 1.66. The molecule has 1 aromatic carbocycles. The molecule has 23 heavy (non-hydrogen) atoms. The summed E-state index contributed by atoms with van der Waals surface area (Å²) in [5.41, 5.74) is 8.73. The van der Waals surface area contributed by atoms with Crippen molar-refractivity contribution in [3.05, 3.63) is 29.3 Å². The molecule has 5 nitrogen and oxygen atoms in total. The summed E-state index contributed by atoms with van der Waals surface area (Å²) in [6, 6.07) is 5.55. The van der Waals surface area contributed by atoms with Crippen molar-refractivity contribution < 1.29 is 14.3 Å². The highest BCUT2D eigenvalue weighted by Crippen LogP contribution is 2.32. The van der Waals surface area contributed by atoms with Gasteiger partial charge in [-0.1, -0.05) is 27.7 Å². The summed E-state index contributed by atoms with van der Waals surface area (Å²) in [6.45, 7) is 10.4. The lowest BCUT2D eigenvalue weighted by Gasteiger charge is -2.31. The molecule has 0 spiro atoms. The van der Waals surface area contributed by atoms with Crippen molar-refractivity contribution >= 4 is 17.9 Å². The number of methoxy groups -OCH3 is 1. The van der Waals surface area contributed by atoms with Crippen molar-refractivity contribution in [2.75, 3.05) is 25.6 Å². The van der Waals surface area contributed by atoms with Gasteiger partial charge in [-0.25, -0.2) is 4.79 Å². The van der Waals surface area contributed by atoms with E-state index >= 15 is 0 Å². The van der Waals surface area contributed by atoms with Gasteiger partial charge in [-0.3, -0.25) is 0 Å². The summed E-state index contributed by atoms with van der Waals surface area (Å²) in [7, 11) is 3.41. The van der Waals surface area contributed by atoms with Gasteiger partial charge in [0.05, 0.1) is 12.7 Å². The number of nitrogens with two attached hydrogens (primary N) is 1. The van der Waals surface area contributed by atoms with E-state index in [0.717, 1.165) is 30.5 Å². The molecule has 5 heteroatoms. The molecule has 0 saturated heterocycles. The molecule has 0 radical (unpaired) electrons. The summed E-state index contributed by atoms with van der Waals surface area (Å²) < 4.78 is 4.70. The lowest BCUT2D eigenvalue weighted by Crippen LogP contribution is -2.30. The largest absolute Gasteiger partial charge is 0.465 e. The minimum absolute atomic E-state index is 0.0100. The number of aldehydes is 1. The summed E-state index contributed by atoms with van der Waals surface area (Å²) in [5, 5.41) is 0. The van der Waals surface area contributed by atoms with Gasteiger partial charge in [-0.15, -0.1) is 0 Å². The summed E-state index contributed by atoms with van der Waals surface area (Å²) >= 11 is 0. The molecule has 0 aromatic heterocycles. The third-order valence-corrected chi connectivity index (χ3v) is 3.03. The Kier molecular flexibility index (Phi) is 14.0. The van der Waals surface area contributed by atoms with Crippen LogP contribution in [-0.2, 0) is 9.53 Å². The molecule has 0 saturated carbocycles. The van der Waals surface area contributed by atoms with Crippen LogP contribution in [0, 0.1) is 0 Å². The number of carbonyl (C=O) groups excluding carboxylic acids is 2. The monoisotopic (exact) mass is 324 g/mol. The first-order valence-electron chi connectivity index (χ1n) is 8.13. The quantitative estimate of drug-likeness (QED) is 0.631. The standard InChI is InChI=1S/C12H16N2O2.C2H4O.2C2H6/c1-14-6-5-10(13)9-7-8(12(15)16-2)3-4-11(9)14;1-2-3;2*1-2/h3-4,7,10H,5-6,13H2,1-2H3;2H,1H3;2*1-2H3. The summed E-state index contributed by atoms with van der Waals surface area (Å²) in [5.74, 6) is -0.316. The zero-order valence-corrected chi connectivity index (χ0v) is 15.6. The maximum absolute atomic E-state index is 11.4. The van der Waals surface area contributed by atoms with E-state index in [2.05, 4.69) is 4.90 Å². The molecule has 1 aliphatic rings. The molecule has 1 aromatic rings. The molecule has 1 unspecified atom stereocenters. The van der Waals surface area contributed by atoms with Crippen molar-refractivity contribution in [3.63, 3.8) is 0 Å². The molecule has 2 N–H and O–H groups in total. The van der Waals surface area contributed by atoms with Crippen molar-refractivity contribution in [2.24, 2.45) is 5.73 Å². The molecular weight excluding hydrogens is 292 g/mol. The van der Waals surface area contributed by atoms with Crippen LogP contribution in [0.15, 0.2) is 18.2 Å². The van der Waals surface area contributed by atoms with E-state index in [1.54, 1.807) is 6.07 Å². The number of hydrogen-bond donors (Lipinski definition) is 1. The van der Waals surface area contributed by atoms with Crippen LogP contribution in [0.1, 0.15) is 63.0 Å². The van der Waals surface area contributed by atoms with Gasteiger partial charge in [-0.05, 0) is 37.1 Å². The molecule has 0 amide bonds. The number of benzene rings is 1. The Morgan fingerprint density at radius 3 is 2.30 bits per heavy atom. The van der Waals surface area contributed by atoms with Crippen LogP contribution >= 0.6 is 0 Å². The van der Waals surface area contributed by atoms with Gasteiger partial charge in [0, 0.05) is 25.3 Å². The Morgan fingerprint density at radius 2 is 1.83 bits per heavy atom. The van der Waals surface area contributed by atoms with Crippen LogP contribution in [0.25, 0.3) is 0 Å². The van der Waals surface area contributed by atoms with Gasteiger partial charge in [0.15, 0.2) is 0 Å². The second-order valence-corrected chi connectivity index (χ2v) is 4.32. The predicted molar refractivity (Wildman–Crippen MR) is 97.0 cm³/mol. The highest BCUT2D eigenvalue weighted by molar-refractivity contribution is 5.90. The number of ether oxygens (including phenoxy) is 1. The van der Waals surface area contributed by atoms with E-state index in [1.165, 1.54) is 14.0 Å². The molecular formula is C18H32N2O3. The second kappa shape index (κ2) is 13.8. The minimum atomic E-state index is -0.316. The van der Waals surface area contributed by atoms with Crippen molar-refractivity contribution in [2.45, 2.75) is 47.1 Å². The number of rotatable bonds is 1. The Hall–Kier alpha value is -1.88. The van der Waals surface area contributed by atoms with E-state index < -0.39 is 0 Å². The molecule has 0 bridgehead atoms. The van der Waals surface area contributed by atoms with E-state index in [-0.39, 0.29) is 12.0 Å². The number of anilines is 1. The molecule has 132 valence electrons. The number of nitrogens with zero attached hydrogens (tertiary/aromatic N) is 1. The normalized spacial score (nSPS) is 14.4. The first-order valence-corrected chi connectivity index (χ1v) is 8.13. The SMILES string of the molecule is CC.CC.CC=O.COC(=O)c1ccc2c(c1)C(N)CCN2C. The third-order valence-electron chi connectivity index (χ3n) is 3.03. The Bertz CT molecular complexity index is 462. The van der Waals surface area contributed by atoms with E-state index in [1.807, 2.05) is 46.9 Å². The minimum Gasteiger partial charge on any atom is -0.465 e. The predicted octanol–water partition coefficient (Wildman–Crippen LogP) is 3.57. The topological polar surface area (TPSA) is 72.6 Å². The van der Waals surface area contributed by atoms with Crippen LogP contribution in [0.4, 0.5) is 5.69 Å².